The zero-order valence-electron chi connectivity index (χ0n) is 14.8. The first kappa shape index (κ1) is 19.2. The fourth-order valence-electron chi connectivity index (χ4n) is 2.65. The maximum atomic E-state index is 12.6. The number of aryl methyl sites for hydroxylation is 1. The predicted octanol–water partition coefficient (Wildman–Crippen LogP) is 2.13. The van der Waals surface area contributed by atoms with Crippen molar-refractivity contribution in [3.05, 3.63) is 29.8 Å². The van der Waals surface area contributed by atoms with Crippen molar-refractivity contribution in [3.8, 4) is 0 Å². The molecule has 1 aliphatic rings. The number of carbonyl (C=O) groups excluding carboxylic acids is 2. The Kier molecular flexibility index (Phi) is 6.75. The van der Waals surface area contributed by atoms with Crippen molar-refractivity contribution in [2.24, 2.45) is 5.92 Å². The molecule has 0 unspecified atom stereocenters. The molecule has 1 aromatic carbocycles. The van der Waals surface area contributed by atoms with Crippen LogP contribution in [0.1, 0.15) is 32.3 Å². The van der Waals surface area contributed by atoms with E-state index in [0.29, 0.717) is 30.5 Å². The molecule has 0 spiro atoms. The first-order valence-corrected chi connectivity index (χ1v) is 8.87. The lowest BCUT2D eigenvalue weighted by Crippen LogP contribution is -2.52. The summed E-state index contributed by atoms with van der Waals surface area (Å²) in [6, 6.07) is 6.73. The van der Waals surface area contributed by atoms with E-state index in [1.165, 1.54) is 0 Å². The van der Waals surface area contributed by atoms with Gasteiger partial charge in [0, 0.05) is 12.1 Å². The summed E-state index contributed by atoms with van der Waals surface area (Å²) in [4.78, 5) is 24.1. The molecule has 1 aliphatic heterocycles. The van der Waals surface area contributed by atoms with Crippen LogP contribution in [-0.4, -0.2) is 35.7 Å². The summed E-state index contributed by atoms with van der Waals surface area (Å²) < 4.78 is 4.89. The average molecular weight is 363 g/mol. The summed E-state index contributed by atoms with van der Waals surface area (Å²) in [6.45, 7) is 6.41. The summed E-state index contributed by atoms with van der Waals surface area (Å²) in [5, 5.41) is 9.28. The van der Waals surface area contributed by atoms with Crippen molar-refractivity contribution in [2.75, 3.05) is 11.9 Å². The van der Waals surface area contributed by atoms with Gasteiger partial charge in [-0.2, -0.15) is 0 Å². The molecule has 6 nitrogen and oxygen atoms in total. The van der Waals surface area contributed by atoms with Gasteiger partial charge in [0.15, 0.2) is 5.11 Å². The zero-order valence-corrected chi connectivity index (χ0v) is 15.6. The Balaban J connectivity index is 1.97. The van der Waals surface area contributed by atoms with Crippen LogP contribution < -0.4 is 16.0 Å². The van der Waals surface area contributed by atoms with Crippen LogP contribution in [0.4, 0.5) is 5.69 Å². The van der Waals surface area contributed by atoms with Gasteiger partial charge < -0.3 is 20.7 Å². The Hall–Kier alpha value is -2.15. The molecule has 1 heterocycles. The van der Waals surface area contributed by atoms with E-state index in [0.717, 1.165) is 11.3 Å². The molecule has 2 rings (SSSR count). The van der Waals surface area contributed by atoms with Gasteiger partial charge in [0.2, 0.25) is 5.91 Å². The quantitative estimate of drug-likeness (QED) is 0.531. The summed E-state index contributed by atoms with van der Waals surface area (Å²) >= 11 is 5.34. The predicted molar refractivity (Wildman–Crippen MR) is 101 cm³/mol. The molecule has 0 aromatic heterocycles. The topological polar surface area (TPSA) is 79.5 Å². The van der Waals surface area contributed by atoms with Gasteiger partial charge >= 0.3 is 5.97 Å². The number of anilines is 1. The van der Waals surface area contributed by atoms with Crippen molar-refractivity contribution in [3.63, 3.8) is 0 Å². The second-order valence-electron chi connectivity index (χ2n) is 6.67. The van der Waals surface area contributed by atoms with E-state index >= 15 is 0 Å². The van der Waals surface area contributed by atoms with Gasteiger partial charge in [-0.15, -0.1) is 0 Å². The summed E-state index contributed by atoms with van der Waals surface area (Å²) in [7, 11) is 0. The lowest BCUT2D eigenvalue weighted by Gasteiger charge is -2.23. The highest BCUT2D eigenvalue weighted by molar-refractivity contribution is 7.80. The molecular formula is C18H25N3O3S. The molecule has 2 atom stereocenters. The highest BCUT2D eigenvalue weighted by Gasteiger charge is 2.31. The molecule has 136 valence electrons. The molecule has 0 radical (unpaired) electrons. The van der Waals surface area contributed by atoms with Crippen LogP contribution in [0.3, 0.4) is 0 Å². The van der Waals surface area contributed by atoms with Crippen LogP contribution in [0.15, 0.2) is 24.3 Å². The maximum Gasteiger partial charge on any atom is 0.328 e. The molecule has 1 amide bonds. The number of nitrogens with one attached hydrogen (secondary N) is 3. The molecule has 25 heavy (non-hydrogen) atoms. The van der Waals surface area contributed by atoms with E-state index in [1.807, 2.05) is 45.0 Å². The number of hydrogen-bond donors (Lipinski definition) is 3. The molecule has 1 fully saturated rings. The zero-order chi connectivity index (χ0) is 18.4. The molecule has 0 aliphatic carbocycles. The van der Waals surface area contributed by atoms with E-state index in [1.54, 1.807) is 0 Å². The number of cyclic esters (lactones) is 1. The van der Waals surface area contributed by atoms with E-state index in [4.69, 9.17) is 17.0 Å². The number of rotatable bonds is 6. The molecule has 1 aromatic rings. The fraction of sp³-hybridized carbons (Fsp3) is 0.500. The summed E-state index contributed by atoms with van der Waals surface area (Å²) in [5.41, 5.74) is 1.98. The van der Waals surface area contributed by atoms with Gasteiger partial charge in [-0.1, -0.05) is 26.0 Å². The monoisotopic (exact) mass is 363 g/mol. The van der Waals surface area contributed by atoms with Crippen LogP contribution >= 0.6 is 12.2 Å². The number of esters is 1. The molecule has 0 saturated carbocycles. The van der Waals surface area contributed by atoms with Gasteiger partial charge in [-0.25, -0.2) is 4.79 Å². The SMILES string of the molecule is Cc1cccc(NC(=S)N[C@@H](CC(C)C)C(=O)N[C@H]2CCOC2=O)c1. The first-order valence-electron chi connectivity index (χ1n) is 8.46. The maximum absolute atomic E-state index is 12.6. The van der Waals surface area contributed by atoms with Crippen molar-refractivity contribution >= 4 is 34.9 Å². The van der Waals surface area contributed by atoms with Crippen molar-refractivity contribution in [2.45, 2.75) is 45.7 Å². The van der Waals surface area contributed by atoms with Crippen molar-refractivity contribution < 1.29 is 14.3 Å². The molecule has 3 N–H and O–H groups in total. The summed E-state index contributed by atoms with van der Waals surface area (Å²) in [5.74, 6) is -0.330. The Morgan fingerprint density at radius 2 is 2.16 bits per heavy atom. The number of thiocarbonyl (C=S) groups is 1. The smallest absolute Gasteiger partial charge is 0.328 e. The second-order valence-corrected chi connectivity index (χ2v) is 7.08. The first-order chi connectivity index (χ1) is 11.8. The Morgan fingerprint density at radius 1 is 1.40 bits per heavy atom. The lowest BCUT2D eigenvalue weighted by atomic mass is 10.0. The largest absolute Gasteiger partial charge is 0.464 e. The third-order valence-corrected chi connectivity index (χ3v) is 4.08. The van der Waals surface area contributed by atoms with Crippen molar-refractivity contribution in [1.29, 1.82) is 0 Å². The molecule has 0 bridgehead atoms. The van der Waals surface area contributed by atoms with Crippen molar-refractivity contribution in [1.82, 2.24) is 10.6 Å². The number of amides is 1. The fourth-order valence-corrected chi connectivity index (χ4v) is 2.91. The number of benzene rings is 1. The Labute approximate surface area is 153 Å². The number of ether oxygens (including phenoxy) is 1. The van der Waals surface area contributed by atoms with E-state index in [9.17, 15) is 9.59 Å². The number of carbonyl (C=O) groups is 2. The minimum absolute atomic E-state index is 0.244. The van der Waals surface area contributed by atoms with Crippen LogP contribution in [0.5, 0.6) is 0 Å². The molecule has 7 heteroatoms. The van der Waals surface area contributed by atoms with E-state index in [2.05, 4.69) is 16.0 Å². The lowest BCUT2D eigenvalue weighted by molar-refractivity contribution is -0.141. The minimum Gasteiger partial charge on any atom is -0.464 e. The van der Waals surface area contributed by atoms with E-state index < -0.39 is 12.1 Å². The molecule has 1 saturated heterocycles. The van der Waals surface area contributed by atoms with Gasteiger partial charge in [-0.3, -0.25) is 4.79 Å². The average Bonchev–Trinajstić information content (AvgIpc) is 2.91. The minimum atomic E-state index is -0.567. The van der Waals surface area contributed by atoms with Gasteiger partial charge in [0.1, 0.15) is 12.1 Å². The second kappa shape index (κ2) is 8.80. The van der Waals surface area contributed by atoms with Crippen LogP contribution in [-0.2, 0) is 14.3 Å². The third-order valence-electron chi connectivity index (χ3n) is 3.86. The van der Waals surface area contributed by atoms with Gasteiger partial charge in [0.25, 0.3) is 0 Å². The summed E-state index contributed by atoms with van der Waals surface area (Å²) in [6.07, 6.45) is 1.11. The molecular weight excluding hydrogens is 338 g/mol. The van der Waals surface area contributed by atoms with Crippen LogP contribution in [0.25, 0.3) is 0 Å². The van der Waals surface area contributed by atoms with Crippen LogP contribution in [0.2, 0.25) is 0 Å². The highest BCUT2D eigenvalue weighted by Crippen LogP contribution is 2.11. The Bertz CT molecular complexity index is 648. The van der Waals surface area contributed by atoms with E-state index in [-0.39, 0.29) is 11.9 Å². The van der Waals surface area contributed by atoms with Crippen LogP contribution in [0, 0.1) is 12.8 Å². The van der Waals surface area contributed by atoms with Gasteiger partial charge in [0.05, 0.1) is 6.61 Å². The van der Waals surface area contributed by atoms with Gasteiger partial charge in [-0.05, 0) is 49.2 Å². The standard InChI is InChI=1S/C18H25N3O3S/c1-11(2)9-15(16(22)20-14-7-8-24-17(14)23)21-18(25)19-13-6-4-5-12(3)10-13/h4-6,10-11,14-15H,7-9H2,1-3H3,(H,20,22)(H2,19,21,25)/t14-,15-/m0/s1. The number of hydrogen-bond acceptors (Lipinski definition) is 4. The third kappa shape index (κ3) is 6.01. The highest BCUT2D eigenvalue weighted by atomic mass is 32.1. The normalized spacial score (nSPS) is 17.8. The Morgan fingerprint density at radius 3 is 2.76 bits per heavy atom.